The molecule has 2 heterocycles. The van der Waals surface area contributed by atoms with Crippen LogP contribution in [0.1, 0.15) is 105 Å². The summed E-state index contributed by atoms with van der Waals surface area (Å²) in [4.78, 5) is 0. The van der Waals surface area contributed by atoms with Crippen molar-refractivity contribution in [3.8, 4) is 5.75 Å². The Hall–Kier alpha value is -1.48. The zero-order valence-electron chi connectivity index (χ0n) is 26.2. The van der Waals surface area contributed by atoms with Gasteiger partial charge in [-0.25, -0.2) is 17.6 Å². The number of halogens is 6. The highest BCUT2D eigenvalue weighted by Crippen LogP contribution is 2.43. The van der Waals surface area contributed by atoms with E-state index in [1.165, 1.54) is 12.8 Å². The van der Waals surface area contributed by atoms with E-state index in [0.717, 1.165) is 51.0 Å². The predicted molar refractivity (Wildman–Crippen MR) is 154 cm³/mol. The van der Waals surface area contributed by atoms with E-state index in [1.54, 1.807) is 13.8 Å². The summed E-state index contributed by atoms with van der Waals surface area (Å²) in [7, 11) is 0. The first-order valence-corrected chi connectivity index (χ1v) is 16.4. The molecule has 5 rings (SSSR count). The molecule has 2 aliphatic carbocycles. The maximum Gasteiger partial charge on any atom is 0.400 e. The lowest BCUT2D eigenvalue weighted by Gasteiger charge is -2.39. The minimum Gasteiger partial charge on any atom is -0.432 e. The number of benzene rings is 1. The summed E-state index contributed by atoms with van der Waals surface area (Å²) < 4.78 is 98.3. The summed E-state index contributed by atoms with van der Waals surface area (Å²) in [5, 5.41) is 0. The lowest BCUT2D eigenvalue weighted by atomic mass is 9.73. The molecule has 4 atom stereocenters. The Morgan fingerprint density at radius 2 is 1.05 bits per heavy atom. The Balaban J connectivity index is 0.000000215. The third-order valence-electron chi connectivity index (χ3n) is 10.3. The number of hydrogen-bond acceptors (Lipinski definition) is 3. The van der Waals surface area contributed by atoms with Crippen LogP contribution in [0.3, 0.4) is 0 Å². The Morgan fingerprint density at radius 3 is 1.42 bits per heavy atom. The van der Waals surface area contributed by atoms with E-state index in [9.17, 15) is 26.3 Å². The second-order valence-electron chi connectivity index (χ2n) is 14.3. The van der Waals surface area contributed by atoms with Crippen molar-refractivity contribution in [2.24, 2.45) is 35.5 Å². The van der Waals surface area contributed by atoms with Crippen LogP contribution in [0.5, 0.6) is 5.75 Å². The molecule has 2 saturated heterocycles. The highest BCUT2D eigenvalue weighted by atomic mass is 19.3. The van der Waals surface area contributed by atoms with Gasteiger partial charge in [-0.2, -0.15) is 8.78 Å². The largest absolute Gasteiger partial charge is 0.432 e. The molecular weight excluding hydrogens is 570 g/mol. The zero-order valence-corrected chi connectivity index (χ0v) is 26.2. The molecule has 0 N–H and O–H groups in total. The molecule has 0 bridgehead atoms. The SMILES string of the molecule is CC1CCC(C2CCC(C(C)(C)F)CC2)OC1.CC1CCC(C2CCC(C(F)(F)Oc3cc(F)c(F)c(F)c3)CC2)OC1. The smallest absolute Gasteiger partial charge is 0.400 e. The molecule has 2 saturated carbocycles. The van der Waals surface area contributed by atoms with Crippen molar-refractivity contribution in [1.29, 1.82) is 0 Å². The van der Waals surface area contributed by atoms with Gasteiger partial charge < -0.3 is 14.2 Å². The molecule has 0 amide bonds. The summed E-state index contributed by atoms with van der Waals surface area (Å²) in [5.41, 5.74) is -0.993. The summed E-state index contributed by atoms with van der Waals surface area (Å²) >= 11 is 0. The Bertz CT molecular complexity index is 975. The normalized spacial score (nSPS) is 34.2. The number of alkyl halides is 3. The van der Waals surface area contributed by atoms with Gasteiger partial charge in [-0.1, -0.05) is 13.8 Å². The second kappa shape index (κ2) is 14.7. The van der Waals surface area contributed by atoms with Crippen LogP contribution in [-0.4, -0.2) is 37.2 Å². The molecule has 246 valence electrons. The quantitative estimate of drug-likeness (QED) is 0.234. The van der Waals surface area contributed by atoms with Gasteiger partial charge >= 0.3 is 6.11 Å². The zero-order chi connectivity index (χ0) is 31.4. The third-order valence-corrected chi connectivity index (χ3v) is 10.3. The van der Waals surface area contributed by atoms with Crippen molar-refractivity contribution in [2.45, 2.75) is 129 Å². The first-order valence-electron chi connectivity index (χ1n) is 16.4. The van der Waals surface area contributed by atoms with Crippen LogP contribution in [-0.2, 0) is 9.47 Å². The summed E-state index contributed by atoms with van der Waals surface area (Å²) in [6, 6.07) is 0.879. The van der Waals surface area contributed by atoms with Crippen LogP contribution in [0.25, 0.3) is 0 Å². The molecule has 43 heavy (non-hydrogen) atoms. The van der Waals surface area contributed by atoms with Crippen molar-refractivity contribution < 1.29 is 40.6 Å². The Kier molecular flexibility index (Phi) is 11.8. The van der Waals surface area contributed by atoms with Crippen LogP contribution in [0, 0.1) is 53.0 Å². The van der Waals surface area contributed by atoms with Gasteiger partial charge in [-0.3, -0.25) is 0 Å². The Morgan fingerprint density at radius 1 is 0.628 bits per heavy atom. The number of rotatable bonds is 6. The molecule has 0 radical (unpaired) electrons. The molecule has 3 nitrogen and oxygen atoms in total. The van der Waals surface area contributed by atoms with Gasteiger partial charge in [-0.15, -0.1) is 0 Å². The molecule has 1 aromatic rings. The van der Waals surface area contributed by atoms with Gasteiger partial charge in [0.1, 0.15) is 11.4 Å². The molecule has 4 unspecified atom stereocenters. The lowest BCUT2D eigenvalue weighted by molar-refractivity contribution is -0.225. The topological polar surface area (TPSA) is 27.7 Å². The summed E-state index contributed by atoms with van der Waals surface area (Å²) in [6.45, 7) is 9.50. The Labute approximate surface area is 253 Å². The fourth-order valence-electron chi connectivity index (χ4n) is 7.39. The molecule has 0 aromatic heterocycles. The molecule has 4 fully saturated rings. The standard InChI is InChI=1S/C19H23F5O2.C15H27FO/c1-11-2-7-17(25-10-11)12-3-5-13(6-4-12)19(23,24)26-14-8-15(20)18(22)16(21)9-14;1-11-4-9-14(17-10-11)12-5-7-13(8-6-12)15(2,3)16/h8-9,11-13,17H,2-7,10H2,1H3;11-14H,4-10H2,1-3H3. The highest BCUT2D eigenvalue weighted by molar-refractivity contribution is 5.25. The molecule has 9 heteroatoms. The molecular formula is C34H50F6O3. The van der Waals surface area contributed by atoms with Gasteiger partial charge in [0.05, 0.1) is 18.1 Å². The van der Waals surface area contributed by atoms with E-state index in [1.807, 2.05) is 0 Å². The van der Waals surface area contributed by atoms with E-state index in [0.29, 0.717) is 49.5 Å². The van der Waals surface area contributed by atoms with Gasteiger partial charge in [0.25, 0.3) is 0 Å². The number of ether oxygens (including phenoxy) is 3. The maximum atomic E-state index is 14.4. The van der Waals surface area contributed by atoms with Gasteiger partial charge in [0.15, 0.2) is 17.5 Å². The average Bonchev–Trinajstić information content (AvgIpc) is 2.96. The van der Waals surface area contributed by atoms with Crippen LogP contribution in [0.2, 0.25) is 0 Å². The third kappa shape index (κ3) is 9.51. The second-order valence-corrected chi connectivity index (χ2v) is 14.3. The monoisotopic (exact) mass is 620 g/mol. The van der Waals surface area contributed by atoms with Gasteiger partial charge in [0.2, 0.25) is 0 Å². The average molecular weight is 621 g/mol. The number of hydrogen-bond donors (Lipinski definition) is 0. The van der Waals surface area contributed by atoms with Crippen molar-refractivity contribution in [3.05, 3.63) is 29.6 Å². The van der Waals surface area contributed by atoms with Gasteiger partial charge in [0, 0.05) is 25.3 Å². The highest BCUT2D eigenvalue weighted by Gasteiger charge is 2.45. The molecule has 4 aliphatic rings. The van der Waals surface area contributed by atoms with E-state index < -0.39 is 40.9 Å². The van der Waals surface area contributed by atoms with Crippen LogP contribution in [0.15, 0.2) is 12.1 Å². The van der Waals surface area contributed by atoms with E-state index >= 15 is 0 Å². The van der Waals surface area contributed by atoms with E-state index in [-0.39, 0.29) is 30.8 Å². The molecule has 1 aromatic carbocycles. The minimum absolute atomic E-state index is 0.127. The van der Waals surface area contributed by atoms with Crippen molar-refractivity contribution in [2.75, 3.05) is 13.2 Å². The lowest BCUT2D eigenvalue weighted by Crippen LogP contribution is -2.40. The van der Waals surface area contributed by atoms with Crippen LogP contribution < -0.4 is 4.74 Å². The summed E-state index contributed by atoms with van der Waals surface area (Å²) in [5.74, 6) is -4.08. The minimum atomic E-state index is -3.57. The fraction of sp³-hybridized carbons (Fsp3) is 0.824. The van der Waals surface area contributed by atoms with Crippen molar-refractivity contribution in [1.82, 2.24) is 0 Å². The summed E-state index contributed by atoms with van der Waals surface area (Å²) in [6.07, 6.45) is 7.72. The van der Waals surface area contributed by atoms with E-state index in [2.05, 4.69) is 18.6 Å². The van der Waals surface area contributed by atoms with Crippen molar-refractivity contribution in [3.63, 3.8) is 0 Å². The predicted octanol–water partition coefficient (Wildman–Crippen LogP) is 10.1. The maximum absolute atomic E-state index is 14.4. The van der Waals surface area contributed by atoms with Crippen LogP contribution in [0.4, 0.5) is 26.3 Å². The van der Waals surface area contributed by atoms with Gasteiger partial charge in [-0.05, 0) is 120 Å². The van der Waals surface area contributed by atoms with Crippen molar-refractivity contribution >= 4 is 0 Å². The first kappa shape index (κ1) is 34.4. The first-order chi connectivity index (χ1) is 20.2. The molecule has 2 aliphatic heterocycles. The molecule has 0 spiro atoms. The fourth-order valence-corrected chi connectivity index (χ4v) is 7.39. The van der Waals surface area contributed by atoms with E-state index in [4.69, 9.17) is 9.47 Å². The van der Waals surface area contributed by atoms with Crippen LogP contribution >= 0.6 is 0 Å².